The van der Waals surface area contributed by atoms with Crippen molar-refractivity contribution in [1.29, 1.82) is 5.41 Å². The van der Waals surface area contributed by atoms with Gasteiger partial charge in [-0.05, 0) is 11.6 Å². The van der Waals surface area contributed by atoms with E-state index in [1.165, 1.54) is 6.21 Å². The Labute approximate surface area is 94.8 Å². The molecule has 0 saturated heterocycles. The van der Waals surface area contributed by atoms with Gasteiger partial charge in [0.25, 0.3) is 0 Å². The zero-order chi connectivity index (χ0) is 11.2. The molecular formula is C14H12N2. The summed E-state index contributed by atoms with van der Waals surface area (Å²) in [5.74, 6) is 0. The van der Waals surface area contributed by atoms with Crippen LogP contribution in [0, 0.1) is 5.41 Å². The van der Waals surface area contributed by atoms with E-state index in [4.69, 9.17) is 5.41 Å². The van der Waals surface area contributed by atoms with Crippen LogP contribution in [0.4, 0.5) is 5.69 Å². The summed E-state index contributed by atoms with van der Waals surface area (Å²) in [5, 5.41) is 7.27. The predicted molar refractivity (Wildman–Crippen MR) is 68.0 cm³/mol. The Bertz CT molecular complexity index is 501. The van der Waals surface area contributed by atoms with Gasteiger partial charge in [-0.1, -0.05) is 48.5 Å². The molecular weight excluding hydrogens is 196 g/mol. The Morgan fingerprint density at radius 1 is 0.875 bits per heavy atom. The minimum atomic E-state index is 0.821. The van der Waals surface area contributed by atoms with Crippen molar-refractivity contribution in [2.45, 2.75) is 0 Å². The van der Waals surface area contributed by atoms with E-state index in [1.807, 2.05) is 60.8 Å². The molecule has 0 amide bonds. The molecule has 2 rings (SSSR count). The van der Waals surface area contributed by atoms with E-state index in [9.17, 15) is 0 Å². The number of para-hydroxylation sites is 1. The summed E-state index contributed by atoms with van der Waals surface area (Å²) in [6.07, 6.45) is 3.12. The Morgan fingerprint density at radius 2 is 1.56 bits per heavy atom. The van der Waals surface area contributed by atoms with Crippen molar-refractivity contribution in [3.63, 3.8) is 0 Å². The molecule has 78 valence electrons. The van der Waals surface area contributed by atoms with Crippen LogP contribution in [-0.4, -0.2) is 12.4 Å². The van der Waals surface area contributed by atoms with Gasteiger partial charge in [-0.3, -0.25) is 4.99 Å². The van der Waals surface area contributed by atoms with E-state index in [0.29, 0.717) is 0 Å². The molecule has 0 bridgehead atoms. The lowest BCUT2D eigenvalue weighted by Gasteiger charge is -1.98. The minimum Gasteiger partial charge on any atom is -0.308 e. The minimum absolute atomic E-state index is 0.821. The third-order valence-corrected chi connectivity index (χ3v) is 2.24. The summed E-state index contributed by atoms with van der Waals surface area (Å²) >= 11 is 0. The van der Waals surface area contributed by atoms with Gasteiger partial charge < -0.3 is 5.41 Å². The maximum Gasteiger partial charge on any atom is 0.0717 e. The molecule has 0 saturated carbocycles. The topological polar surface area (TPSA) is 36.2 Å². The highest BCUT2D eigenvalue weighted by atomic mass is 14.7. The van der Waals surface area contributed by atoms with Gasteiger partial charge >= 0.3 is 0 Å². The molecule has 2 heteroatoms. The quantitative estimate of drug-likeness (QED) is 0.750. The molecule has 2 nitrogen and oxygen atoms in total. The second-order valence-corrected chi connectivity index (χ2v) is 3.37. The average Bonchev–Trinajstić information content (AvgIpc) is 2.38. The van der Waals surface area contributed by atoms with E-state index in [1.54, 1.807) is 0 Å². The van der Waals surface area contributed by atoms with Gasteiger partial charge in [-0.15, -0.1) is 0 Å². The fraction of sp³-hybridized carbons (Fsp3) is 0. The van der Waals surface area contributed by atoms with Crippen LogP contribution in [0.5, 0.6) is 0 Å². The highest BCUT2D eigenvalue weighted by Crippen LogP contribution is 2.16. The van der Waals surface area contributed by atoms with Crippen molar-refractivity contribution >= 4 is 18.1 Å². The number of nitrogens with one attached hydrogen (secondary N) is 1. The predicted octanol–water partition coefficient (Wildman–Crippen LogP) is 3.43. The summed E-state index contributed by atoms with van der Waals surface area (Å²) in [4.78, 5) is 4.37. The SMILES string of the molecule is N=Cc1ccccc1N=Cc1ccccc1. The fourth-order valence-electron chi connectivity index (χ4n) is 1.41. The molecule has 0 radical (unpaired) electrons. The molecule has 0 fully saturated rings. The number of benzene rings is 2. The van der Waals surface area contributed by atoms with Gasteiger partial charge in [-0.25, -0.2) is 0 Å². The number of rotatable bonds is 3. The van der Waals surface area contributed by atoms with Crippen LogP contribution in [0.2, 0.25) is 0 Å². The molecule has 0 unspecified atom stereocenters. The molecule has 2 aromatic carbocycles. The van der Waals surface area contributed by atoms with Crippen molar-refractivity contribution in [2.75, 3.05) is 0 Å². The van der Waals surface area contributed by atoms with E-state index in [2.05, 4.69) is 4.99 Å². The monoisotopic (exact) mass is 208 g/mol. The van der Waals surface area contributed by atoms with Crippen LogP contribution in [0.15, 0.2) is 59.6 Å². The molecule has 0 aliphatic rings. The van der Waals surface area contributed by atoms with Crippen molar-refractivity contribution in [1.82, 2.24) is 0 Å². The van der Waals surface area contributed by atoms with E-state index in [-0.39, 0.29) is 0 Å². The van der Waals surface area contributed by atoms with Crippen molar-refractivity contribution < 1.29 is 0 Å². The van der Waals surface area contributed by atoms with Gasteiger partial charge in [-0.2, -0.15) is 0 Å². The highest BCUT2D eigenvalue weighted by molar-refractivity contribution is 5.88. The zero-order valence-electron chi connectivity index (χ0n) is 8.80. The molecule has 0 spiro atoms. The summed E-state index contributed by atoms with van der Waals surface area (Å²) in [6.45, 7) is 0. The van der Waals surface area contributed by atoms with Crippen LogP contribution in [0.1, 0.15) is 11.1 Å². The van der Waals surface area contributed by atoms with Crippen molar-refractivity contribution in [3.05, 3.63) is 65.7 Å². The van der Waals surface area contributed by atoms with E-state index >= 15 is 0 Å². The molecule has 0 aliphatic heterocycles. The largest absolute Gasteiger partial charge is 0.308 e. The maximum absolute atomic E-state index is 7.27. The smallest absolute Gasteiger partial charge is 0.0717 e. The van der Waals surface area contributed by atoms with Crippen LogP contribution in [-0.2, 0) is 0 Å². The Kier molecular flexibility index (Phi) is 3.24. The average molecular weight is 208 g/mol. The Balaban J connectivity index is 2.27. The Hall–Kier alpha value is -2.22. The lowest BCUT2D eigenvalue weighted by atomic mass is 10.2. The highest BCUT2D eigenvalue weighted by Gasteiger charge is 1.94. The third-order valence-electron chi connectivity index (χ3n) is 2.24. The van der Waals surface area contributed by atoms with Crippen LogP contribution < -0.4 is 0 Å². The van der Waals surface area contributed by atoms with Crippen LogP contribution in [0.3, 0.4) is 0 Å². The normalized spacial score (nSPS) is 10.5. The maximum atomic E-state index is 7.27. The molecule has 0 aliphatic carbocycles. The number of nitrogens with zero attached hydrogens (tertiary/aromatic N) is 1. The molecule has 0 atom stereocenters. The molecule has 0 heterocycles. The first-order valence-corrected chi connectivity index (χ1v) is 5.09. The summed E-state index contributed by atoms with van der Waals surface area (Å²) in [6, 6.07) is 17.5. The first kappa shape index (κ1) is 10.3. The first-order valence-electron chi connectivity index (χ1n) is 5.09. The second kappa shape index (κ2) is 5.03. The Morgan fingerprint density at radius 3 is 2.31 bits per heavy atom. The molecule has 1 N–H and O–H groups in total. The summed E-state index contributed by atoms with van der Waals surface area (Å²) < 4.78 is 0. The first-order chi connectivity index (χ1) is 7.90. The second-order valence-electron chi connectivity index (χ2n) is 3.37. The van der Waals surface area contributed by atoms with Crippen LogP contribution >= 0.6 is 0 Å². The molecule has 0 aromatic heterocycles. The standard InChI is InChI=1S/C14H12N2/c15-10-13-8-4-5-9-14(13)16-11-12-6-2-1-3-7-12/h1-11,15H. The van der Waals surface area contributed by atoms with Gasteiger partial charge in [0.1, 0.15) is 0 Å². The fourth-order valence-corrected chi connectivity index (χ4v) is 1.41. The molecule has 16 heavy (non-hydrogen) atoms. The van der Waals surface area contributed by atoms with E-state index < -0.39 is 0 Å². The van der Waals surface area contributed by atoms with Gasteiger partial charge in [0, 0.05) is 18.0 Å². The zero-order valence-corrected chi connectivity index (χ0v) is 8.80. The van der Waals surface area contributed by atoms with Crippen molar-refractivity contribution in [2.24, 2.45) is 4.99 Å². The number of hydrogen-bond acceptors (Lipinski definition) is 2. The van der Waals surface area contributed by atoms with Crippen LogP contribution in [0.25, 0.3) is 0 Å². The van der Waals surface area contributed by atoms with E-state index in [0.717, 1.165) is 16.8 Å². The van der Waals surface area contributed by atoms with Gasteiger partial charge in [0.15, 0.2) is 0 Å². The lowest BCUT2D eigenvalue weighted by molar-refractivity contribution is 1.48. The lowest BCUT2D eigenvalue weighted by Crippen LogP contribution is -1.82. The number of aliphatic imine (C=N–C) groups is 1. The summed E-state index contributed by atoms with van der Waals surface area (Å²) in [5.41, 5.74) is 2.71. The molecule has 2 aromatic rings. The van der Waals surface area contributed by atoms with Crippen molar-refractivity contribution in [3.8, 4) is 0 Å². The summed E-state index contributed by atoms with van der Waals surface area (Å²) in [7, 11) is 0. The van der Waals surface area contributed by atoms with Gasteiger partial charge in [0.2, 0.25) is 0 Å². The van der Waals surface area contributed by atoms with Gasteiger partial charge in [0.05, 0.1) is 5.69 Å². The number of hydrogen-bond donors (Lipinski definition) is 1. The third kappa shape index (κ3) is 2.42.